The van der Waals surface area contributed by atoms with Gasteiger partial charge in [-0.2, -0.15) is 0 Å². The molecule has 0 saturated carbocycles. The van der Waals surface area contributed by atoms with Gasteiger partial charge in [0.05, 0.1) is 23.5 Å². The molecule has 16 heavy (non-hydrogen) atoms. The molecule has 1 rings (SSSR count). The number of carboxylic acid groups (broad SMARTS) is 1. The molecule has 0 radical (unpaired) electrons. The van der Waals surface area contributed by atoms with E-state index in [0.29, 0.717) is 13.0 Å². The van der Waals surface area contributed by atoms with E-state index in [0.717, 1.165) is 12.8 Å². The molecule has 0 aromatic carbocycles. The molecule has 1 fully saturated rings. The topological polar surface area (TPSA) is 80.7 Å². The molecular weight excluding hydrogens is 232 g/mol. The van der Waals surface area contributed by atoms with E-state index in [9.17, 15) is 13.2 Å². The van der Waals surface area contributed by atoms with Crippen molar-refractivity contribution in [3.05, 3.63) is 0 Å². The third kappa shape index (κ3) is 4.49. The van der Waals surface area contributed by atoms with Crippen LogP contribution in [0.15, 0.2) is 0 Å². The highest BCUT2D eigenvalue weighted by molar-refractivity contribution is 7.91. The molecule has 0 amide bonds. The van der Waals surface area contributed by atoms with Crippen LogP contribution in [0.3, 0.4) is 0 Å². The molecule has 2 atom stereocenters. The Morgan fingerprint density at radius 1 is 1.56 bits per heavy atom. The molecule has 1 aliphatic heterocycles. The van der Waals surface area contributed by atoms with Crippen molar-refractivity contribution in [2.45, 2.75) is 32.3 Å². The van der Waals surface area contributed by atoms with Crippen LogP contribution in [-0.4, -0.2) is 43.7 Å². The van der Waals surface area contributed by atoms with E-state index < -0.39 is 21.7 Å². The zero-order valence-corrected chi connectivity index (χ0v) is 10.2. The van der Waals surface area contributed by atoms with Gasteiger partial charge in [0.1, 0.15) is 0 Å². The van der Waals surface area contributed by atoms with Crippen LogP contribution in [0, 0.1) is 5.92 Å². The van der Waals surface area contributed by atoms with Crippen molar-refractivity contribution in [3.8, 4) is 0 Å². The van der Waals surface area contributed by atoms with Gasteiger partial charge in [0.15, 0.2) is 9.84 Å². The summed E-state index contributed by atoms with van der Waals surface area (Å²) in [5, 5.41) is 8.64. The summed E-state index contributed by atoms with van der Waals surface area (Å²) in [6.45, 7) is 2.11. The van der Waals surface area contributed by atoms with Crippen molar-refractivity contribution < 1.29 is 23.1 Å². The van der Waals surface area contributed by atoms with E-state index in [1.807, 2.05) is 0 Å². The Bertz CT molecular complexity index is 329. The Morgan fingerprint density at radius 2 is 2.25 bits per heavy atom. The van der Waals surface area contributed by atoms with Crippen LogP contribution in [-0.2, 0) is 19.4 Å². The summed E-state index contributed by atoms with van der Waals surface area (Å²) in [5.74, 6) is -2.17. The highest BCUT2D eigenvalue weighted by Crippen LogP contribution is 2.16. The van der Waals surface area contributed by atoms with Crippen molar-refractivity contribution in [1.82, 2.24) is 0 Å². The smallest absolute Gasteiger partial charge is 0.307 e. The van der Waals surface area contributed by atoms with Gasteiger partial charge in [-0.05, 0) is 19.3 Å². The van der Waals surface area contributed by atoms with Gasteiger partial charge in [0, 0.05) is 6.61 Å². The molecule has 1 saturated heterocycles. The molecule has 94 valence electrons. The molecule has 6 heteroatoms. The van der Waals surface area contributed by atoms with E-state index in [1.165, 1.54) is 6.92 Å². The summed E-state index contributed by atoms with van der Waals surface area (Å²) in [5.41, 5.74) is 0. The van der Waals surface area contributed by atoms with Gasteiger partial charge in [-0.15, -0.1) is 0 Å². The summed E-state index contributed by atoms with van der Waals surface area (Å²) in [6, 6.07) is 0. The normalized spacial score (nSPS) is 23.2. The average Bonchev–Trinajstić information content (AvgIpc) is 2.66. The molecule has 0 spiro atoms. The second-order valence-corrected chi connectivity index (χ2v) is 6.51. The molecule has 1 N–H and O–H groups in total. The minimum absolute atomic E-state index is 0.0231. The van der Waals surface area contributed by atoms with Crippen LogP contribution in [0.1, 0.15) is 26.2 Å². The van der Waals surface area contributed by atoms with Crippen LogP contribution in [0.2, 0.25) is 0 Å². The molecule has 5 nitrogen and oxygen atoms in total. The Labute approximate surface area is 95.7 Å². The first-order valence-electron chi connectivity index (χ1n) is 5.45. The van der Waals surface area contributed by atoms with E-state index in [-0.39, 0.29) is 17.6 Å². The zero-order valence-electron chi connectivity index (χ0n) is 9.39. The lowest BCUT2D eigenvalue weighted by Crippen LogP contribution is -2.24. The number of carboxylic acids is 1. The predicted octanol–water partition coefficient (Wildman–Crippen LogP) is 0.691. The Balaban J connectivity index is 2.36. The number of hydrogen-bond donors (Lipinski definition) is 1. The van der Waals surface area contributed by atoms with Crippen LogP contribution in [0.5, 0.6) is 0 Å². The SMILES string of the molecule is CC(CS(=O)(=O)CCC1CCCO1)C(=O)O. The second kappa shape index (κ2) is 5.63. The van der Waals surface area contributed by atoms with Crippen LogP contribution in [0.4, 0.5) is 0 Å². The van der Waals surface area contributed by atoms with Gasteiger partial charge in [-0.3, -0.25) is 4.79 Å². The van der Waals surface area contributed by atoms with Gasteiger partial charge in [-0.25, -0.2) is 8.42 Å². The third-order valence-corrected chi connectivity index (χ3v) is 4.57. The van der Waals surface area contributed by atoms with Crippen molar-refractivity contribution in [3.63, 3.8) is 0 Å². The van der Waals surface area contributed by atoms with Gasteiger partial charge in [0.25, 0.3) is 0 Å². The highest BCUT2D eigenvalue weighted by Gasteiger charge is 2.23. The predicted molar refractivity (Wildman–Crippen MR) is 59.0 cm³/mol. The summed E-state index contributed by atoms with van der Waals surface area (Å²) < 4.78 is 28.5. The monoisotopic (exact) mass is 250 g/mol. The van der Waals surface area contributed by atoms with Gasteiger partial charge in [-0.1, -0.05) is 6.92 Å². The minimum Gasteiger partial charge on any atom is -0.481 e. The van der Waals surface area contributed by atoms with Crippen molar-refractivity contribution in [2.75, 3.05) is 18.1 Å². The first-order chi connectivity index (χ1) is 7.41. The molecular formula is C10H18O5S. The summed E-state index contributed by atoms with van der Waals surface area (Å²) in [6.07, 6.45) is 2.41. The number of ether oxygens (including phenoxy) is 1. The Hall–Kier alpha value is -0.620. The summed E-state index contributed by atoms with van der Waals surface area (Å²) >= 11 is 0. The van der Waals surface area contributed by atoms with Crippen LogP contribution < -0.4 is 0 Å². The van der Waals surface area contributed by atoms with Crippen molar-refractivity contribution in [2.24, 2.45) is 5.92 Å². The standard InChI is InChI=1S/C10H18O5S/c1-8(10(11)12)7-16(13,14)6-4-9-3-2-5-15-9/h8-9H,2-7H2,1H3,(H,11,12). The lowest BCUT2D eigenvalue weighted by Gasteiger charge is -2.11. The van der Waals surface area contributed by atoms with Gasteiger partial charge >= 0.3 is 5.97 Å². The number of carbonyl (C=O) groups is 1. The number of aliphatic carboxylic acids is 1. The largest absolute Gasteiger partial charge is 0.481 e. The molecule has 1 heterocycles. The van der Waals surface area contributed by atoms with E-state index in [1.54, 1.807) is 0 Å². The molecule has 1 aliphatic rings. The highest BCUT2D eigenvalue weighted by atomic mass is 32.2. The fourth-order valence-electron chi connectivity index (χ4n) is 1.72. The number of hydrogen-bond acceptors (Lipinski definition) is 4. The van der Waals surface area contributed by atoms with E-state index >= 15 is 0 Å². The third-order valence-electron chi connectivity index (χ3n) is 2.70. The molecule has 0 aliphatic carbocycles. The molecule has 0 aromatic heterocycles. The zero-order chi connectivity index (χ0) is 12.2. The maximum absolute atomic E-state index is 11.6. The average molecular weight is 250 g/mol. The number of sulfone groups is 1. The van der Waals surface area contributed by atoms with Crippen molar-refractivity contribution >= 4 is 15.8 Å². The Morgan fingerprint density at radius 3 is 2.75 bits per heavy atom. The Kier molecular flexibility index (Phi) is 4.73. The maximum Gasteiger partial charge on any atom is 0.307 e. The quantitative estimate of drug-likeness (QED) is 0.750. The van der Waals surface area contributed by atoms with E-state index in [4.69, 9.17) is 9.84 Å². The molecule has 0 aromatic rings. The fourth-order valence-corrected chi connectivity index (χ4v) is 3.41. The molecule has 0 bridgehead atoms. The van der Waals surface area contributed by atoms with E-state index in [2.05, 4.69) is 0 Å². The first kappa shape index (κ1) is 13.4. The van der Waals surface area contributed by atoms with Gasteiger partial charge < -0.3 is 9.84 Å². The fraction of sp³-hybridized carbons (Fsp3) is 0.900. The summed E-state index contributed by atoms with van der Waals surface area (Å²) in [7, 11) is -3.27. The first-order valence-corrected chi connectivity index (χ1v) is 7.27. The van der Waals surface area contributed by atoms with Crippen LogP contribution >= 0.6 is 0 Å². The lowest BCUT2D eigenvalue weighted by molar-refractivity contribution is -0.140. The van der Waals surface area contributed by atoms with Crippen LogP contribution in [0.25, 0.3) is 0 Å². The number of rotatable bonds is 6. The lowest BCUT2D eigenvalue weighted by atomic mass is 10.2. The van der Waals surface area contributed by atoms with Crippen molar-refractivity contribution in [1.29, 1.82) is 0 Å². The second-order valence-electron chi connectivity index (χ2n) is 4.28. The molecule has 2 unspecified atom stereocenters. The summed E-state index contributed by atoms with van der Waals surface area (Å²) in [4.78, 5) is 10.5. The maximum atomic E-state index is 11.6. The minimum atomic E-state index is -3.27. The van der Waals surface area contributed by atoms with Gasteiger partial charge in [0.2, 0.25) is 0 Å².